The van der Waals surface area contributed by atoms with E-state index in [0.29, 0.717) is 24.8 Å². The molecule has 2 atom stereocenters. The van der Waals surface area contributed by atoms with Gasteiger partial charge in [0.1, 0.15) is 17.8 Å². The maximum Gasteiger partial charge on any atom is 0.276 e. The number of aliphatic hydroxyl groups is 1. The molecule has 1 aromatic heterocycles. The molecule has 8 heteroatoms. The fourth-order valence-electron chi connectivity index (χ4n) is 2.80. The highest BCUT2D eigenvalue weighted by molar-refractivity contribution is 5.92. The first-order valence-electron chi connectivity index (χ1n) is 8.40. The number of methoxy groups -OCH3 is 1. The van der Waals surface area contributed by atoms with Crippen LogP contribution in [-0.4, -0.2) is 59.9 Å². The summed E-state index contributed by atoms with van der Waals surface area (Å²) in [6.07, 6.45) is 0.614. The lowest BCUT2D eigenvalue weighted by Gasteiger charge is -2.27. The lowest BCUT2D eigenvalue weighted by molar-refractivity contribution is 0.0515. The molecule has 0 radical (unpaired) electrons. The largest absolute Gasteiger partial charge is 0.497 e. The van der Waals surface area contributed by atoms with E-state index >= 15 is 0 Å². The van der Waals surface area contributed by atoms with E-state index in [1.807, 2.05) is 6.92 Å². The standard InChI is InChI=1S/C18H22N2O6/c1-3-20(15-9-24-10-16(15)21)18(22)14-8-26-17(19-14)11-25-13-6-4-12(23-2)5-7-13/h4-8,15-16,21H,3,9-11H2,1-2H3/t15-,16-/m0/s1. The van der Waals surface area contributed by atoms with Crippen LogP contribution in [0.15, 0.2) is 34.9 Å². The Morgan fingerprint density at radius 3 is 2.65 bits per heavy atom. The number of hydrogen-bond donors (Lipinski definition) is 1. The lowest BCUT2D eigenvalue weighted by Crippen LogP contribution is -2.46. The van der Waals surface area contributed by atoms with Crippen molar-refractivity contribution in [3.8, 4) is 11.5 Å². The van der Waals surface area contributed by atoms with E-state index in [2.05, 4.69) is 4.98 Å². The number of oxazole rings is 1. The molecule has 1 saturated heterocycles. The van der Waals surface area contributed by atoms with Crippen molar-refractivity contribution in [2.45, 2.75) is 25.7 Å². The highest BCUT2D eigenvalue weighted by atomic mass is 16.5. The number of carbonyl (C=O) groups excluding carboxylic acids is 1. The monoisotopic (exact) mass is 362 g/mol. The maximum absolute atomic E-state index is 12.6. The van der Waals surface area contributed by atoms with Crippen LogP contribution in [0.4, 0.5) is 0 Å². The molecule has 0 aliphatic carbocycles. The van der Waals surface area contributed by atoms with Crippen molar-refractivity contribution >= 4 is 5.91 Å². The highest BCUT2D eigenvalue weighted by Crippen LogP contribution is 2.19. The Kier molecular flexibility index (Phi) is 5.75. The Hall–Kier alpha value is -2.58. The average Bonchev–Trinajstić information content (AvgIpc) is 3.30. The fraction of sp³-hybridized carbons (Fsp3) is 0.444. The molecule has 0 saturated carbocycles. The number of ether oxygens (including phenoxy) is 3. The van der Waals surface area contributed by atoms with E-state index < -0.39 is 6.10 Å². The molecule has 26 heavy (non-hydrogen) atoms. The number of benzene rings is 1. The minimum Gasteiger partial charge on any atom is -0.497 e. The molecule has 2 heterocycles. The molecule has 2 aromatic rings. The van der Waals surface area contributed by atoms with E-state index in [4.69, 9.17) is 18.6 Å². The molecule has 1 N–H and O–H groups in total. The van der Waals surface area contributed by atoms with E-state index in [-0.39, 0.29) is 30.9 Å². The predicted octanol–water partition coefficient (Wildman–Crippen LogP) is 1.48. The van der Waals surface area contributed by atoms with Gasteiger partial charge in [-0.2, -0.15) is 0 Å². The summed E-state index contributed by atoms with van der Waals surface area (Å²) in [5.74, 6) is 1.36. The van der Waals surface area contributed by atoms with Gasteiger partial charge in [-0.3, -0.25) is 4.79 Å². The second kappa shape index (κ2) is 8.20. The van der Waals surface area contributed by atoms with E-state index in [9.17, 15) is 9.90 Å². The van der Waals surface area contributed by atoms with E-state index in [1.54, 1.807) is 36.3 Å². The summed E-state index contributed by atoms with van der Waals surface area (Å²) < 4.78 is 21.2. The molecule has 0 bridgehead atoms. The van der Waals surface area contributed by atoms with Gasteiger partial charge in [-0.15, -0.1) is 0 Å². The number of hydrogen-bond acceptors (Lipinski definition) is 7. The maximum atomic E-state index is 12.6. The summed E-state index contributed by atoms with van der Waals surface area (Å²) in [4.78, 5) is 18.4. The topological polar surface area (TPSA) is 94.3 Å². The van der Waals surface area contributed by atoms with Crippen molar-refractivity contribution in [1.82, 2.24) is 9.88 Å². The third kappa shape index (κ3) is 3.97. The van der Waals surface area contributed by atoms with Crippen molar-refractivity contribution in [2.75, 3.05) is 26.9 Å². The first-order chi connectivity index (χ1) is 12.6. The Balaban J connectivity index is 1.61. The predicted molar refractivity (Wildman–Crippen MR) is 91.2 cm³/mol. The second-order valence-corrected chi connectivity index (χ2v) is 5.85. The van der Waals surface area contributed by atoms with Crippen molar-refractivity contribution in [3.63, 3.8) is 0 Å². The van der Waals surface area contributed by atoms with Gasteiger partial charge >= 0.3 is 0 Å². The van der Waals surface area contributed by atoms with Gasteiger partial charge < -0.3 is 28.6 Å². The molecular formula is C18H22N2O6. The summed E-state index contributed by atoms with van der Waals surface area (Å²) in [7, 11) is 1.59. The van der Waals surface area contributed by atoms with Gasteiger partial charge in [0.2, 0.25) is 5.89 Å². The quantitative estimate of drug-likeness (QED) is 0.797. The number of nitrogens with zero attached hydrogens (tertiary/aromatic N) is 2. The molecule has 3 rings (SSSR count). The van der Waals surface area contributed by atoms with Crippen molar-refractivity contribution in [2.24, 2.45) is 0 Å². The summed E-state index contributed by atoms with van der Waals surface area (Å²) in [6.45, 7) is 2.92. The minimum absolute atomic E-state index is 0.0981. The number of rotatable bonds is 7. The average molecular weight is 362 g/mol. The molecule has 0 unspecified atom stereocenters. The number of aromatic nitrogens is 1. The SMILES string of the molecule is CCN(C(=O)c1coc(COc2ccc(OC)cc2)n1)[C@H]1COC[C@@H]1O. The van der Waals surface area contributed by atoms with E-state index in [0.717, 1.165) is 5.75 Å². The number of likely N-dealkylation sites (N-methyl/N-ethyl adjacent to an activating group) is 1. The lowest BCUT2D eigenvalue weighted by atomic mass is 10.1. The van der Waals surface area contributed by atoms with Crippen LogP contribution in [0.25, 0.3) is 0 Å². The van der Waals surface area contributed by atoms with Crippen LogP contribution >= 0.6 is 0 Å². The zero-order chi connectivity index (χ0) is 18.5. The van der Waals surface area contributed by atoms with Crippen molar-refractivity contribution in [1.29, 1.82) is 0 Å². The van der Waals surface area contributed by atoms with Crippen LogP contribution < -0.4 is 9.47 Å². The summed E-state index contributed by atoms with van der Waals surface area (Å²) >= 11 is 0. The first kappa shape index (κ1) is 18.2. The van der Waals surface area contributed by atoms with Gasteiger partial charge in [0.05, 0.1) is 32.5 Å². The van der Waals surface area contributed by atoms with Crippen LogP contribution in [0.3, 0.4) is 0 Å². The Labute approximate surface area is 151 Å². The van der Waals surface area contributed by atoms with Crippen molar-refractivity contribution < 1.29 is 28.5 Å². The van der Waals surface area contributed by atoms with Gasteiger partial charge in [-0.1, -0.05) is 0 Å². The zero-order valence-electron chi connectivity index (χ0n) is 14.8. The Morgan fingerprint density at radius 2 is 2.04 bits per heavy atom. The Morgan fingerprint density at radius 1 is 1.31 bits per heavy atom. The third-order valence-corrected chi connectivity index (χ3v) is 4.22. The molecule has 1 aromatic carbocycles. The molecule has 1 fully saturated rings. The van der Waals surface area contributed by atoms with Gasteiger partial charge in [0, 0.05) is 6.54 Å². The highest BCUT2D eigenvalue weighted by Gasteiger charge is 2.35. The van der Waals surface area contributed by atoms with Crippen molar-refractivity contribution in [3.05, 3.63) is 42.1 Å². The molecular weight excluding hydrogens is 340 g/mol. The summed E-state index contributed by atoms with van der Waals surface area (Å²) in [5.41, 5.74) is 0.180. The van der Waals surface area contributed by atoms with Crippen LogP contribution in [0.1, 0.15) is 23.3 Å². The van der Waals surface area contributed by atoms with Gasteiger partial charge in [-0.25, -0.2) is 4.98 Å². The van der Waals surface area contributed by atoms with Gasteiger partial charge in [0.15, 0.2) is 12.3 Å². The molecule has 1 aliphatic rings. The third-order valence-electron chi connectivity index (χ3n) is 4.22. The van der Waals surface area contributed by atoms with Crippen LogP contribution in [-0.2, 0) is 11.3 Å². The smallest absolute Gasteiger partial charge is 0.276 e. The fourth-order valence-corrected chi connectivity index (χ4v) is 2.80. The van der Waals surface area contributed by atoms with Crippen LogP contribution in [0, 0.1) is 0 Å². The van der Waals surface area contributed by atoms with Crippen LogP contribution in [0.2, 0.25) is 0 Å². The summed E-state index contributed by atoms with van der Waals surface area (Å²) in [6, 6.07) is 6.74. The van der Waals surface area contributed by atoms with E-state index in [1.165, 1.54) is 6.26 Å². The molecule has 8 nitrogen and oxygen atoms in total. The zero-order valence-corrected chi connectivity index (χ0v) is 14.8. The van der Waals surface area contributed by atoms with Crippen LogP contribution in [0.5, 0.6) is 11.5 Å². The minimum atomic E-state index is -0.691. The number of carbonyl (C=O) groups is 1. The van der Waals surface area contributed by atoms with Gasteiger partial charge in [-0.05, 0) is 31.2 Å². The number of aliphatic hydroxyl groups excluding tert-OH is 1. The Bertz CT molecular complexity index is 730. The normalized spacial score (nSPS) is 19.3. The summed E-state index contributed by atoms with van der Waals surface area (Å²) in [5, 5.41) is 9.95. The molecule has 1 aliphatic heterocycles. The molecule has 0 spiro atoms. The first-order valence-corrected chi connectivity index (χ1v) is 8.40. The van der Waals surface area contributed by atoms with Gasteiger partial charge in [0.25, 0.3) is 5.91 Å². The molecule has 1 amide bonds. The molecule has 140 valence electrons. The second-order valence-electron chi connectivity index (χ2n) is 5.85. The number of amides is 1.